The number of carbonyl (C=O) groups excluding carboxylic acids is 3. The molecule has 4 aliphatic rings. The van der Waals surface area contributed by atoms with Gasteiger partial charge in [0.15, 0.2) is 0 Å². The summed E-state index contributed by atoms with van der Waals surface area (Å²) in [5, 5.41) is 0.106. The number of ether oxygens (including phenoxy) is 2. The molecule has 4 aliphatic carbocycles. The number of carbonyl (C=O) groups is 3. The number of rotatable bonds is 28. The van der Waals surface area contributed by atoms with Crippen LogP contribution >= 0.6 is 11.8 Å². The van der Waals surface area contributed by atoms with Crippen LogP contribution in [0.5, 0.6) is 0 Å². The molecule has 4 rings (SSSR count). The summed E-state index contributed by atoms with van der Waals surface area (Å²) >= 11 is 1.38. The lowest BCUT2D eigenvalue weighted by Crippen LogP contribution is -2.51. The highest BCUT2D eigenvalue weighted by molar-refractivity contribution is 8.13. The molecule has 8 heteroatoms. The molecule has 350 valence electrons. The third-order valence-electron chi connectivity index (χ3n) is 15.9. The lowest BCUT2D eigenvalue weighted by molar-refractivity contribution is -0.151. The van der Waals surface area contributed by atoms with Crippen molar-refractivity contribution in [3.63, 3.8) is 0 Å². The molecule has 8 atom stereocenters. The van der Waals surface area contributed by atoms with E-state index in [1.165, 1.54) is 88.8 Å². The first-order chi connectivity index (χ1) is 29.3. The van der Waals surface area contributed by atoms with Crippen LogP contribution in [0.1, 0.15) is 196 Å². The zero-order valence-electron chi connectivity index (χ0n) is 40.6. The van der Waals surface area contributed by atoms with Crippen molar-refractivity contribution in [3.05, 3.63) is 23.8 Å². The van der Waals surface area contributed by atoms with E-state index in [1.807, 2.05) is 25.1 Å². The first-order valence-electron chi connectivity index (χ1n) is 25.5. The number of hydrogen-bond donors (Lipinski definition) is 0. The van der Waals surface area contributed by atoms with E-state index in [9.17, 15) is 14.4 Å². The van der Waals surface area contributed by atoms with Crippen LogP contribution in [0.25, 0.3) is 0 Å². The summed E-state index contributed by atoms with van der Waals surface area (Å²) in [7, 11) is 4.06. The van der Waals surface area contributed by atoms with Crippen LogP contribution in [0.15, 0.2) is 23.8 Å². The predicted octanol–water partition coefficient (Wildman–Crippen LogP) is 13.8. The molecule has 3 saturated carbocycles. The Labute approximate surface area is 379 Å². The number of nitrogens with zero attached hydrogens (tertiary/aromatic N) is 2. The smallest absolute Gasteiger partial charge is 0.306 e. The maximum atomic E-state index is 13.3. The van der Waals surface area contributed by atoms with Gasteiger partial charge in [-0.05, 0) is 137 Å². The Morgan fingerprint density at radius 3 is 2.31 bits per heavy atom. The number of thioether (sulfide) groups is 1. The zero-order valence-corrected chi connectivity index (χ0v) is 41.4. The standard InChI is InChI=1S/C53H92N2O5S/c1-9-10-11-12-13-17-20-38-59-49(56)25-18-15-14-16-19-35-55(51(58)61-39-37-54(7)8)36-22-26-50(57)60-44-31-33-52(5)43(40-44)27-28-45-47-30-29-46(42(4)24-21-23-41(2)3)53(47,6)34-32-48(45)52/h17,20,27,41-42,44-48H,9-16,18-19,21-26,28-40H2,1-8H3/b20-17-/t42-,44+,45?,46-,47?,48?,52+,53-/m1/s1. The van der Waals surface area contributed by atoms with E-state index in [-0.39, 0.29) is 28.7 Å². The van der Waals surface area contributed by atoms with Crippen LogP contribution in [0.3, 0.4) is 0 Å². The molecule has 0 N–H and O–H groups in total. The largest absolute Gasteiger partial charge is 0.462 e. The van der Waals surface area contributed by atoms with Crippen LogP contribution in [0.2, 0.25) is 0 Å². The third-order valence-corrected chi connectivity index (χ3v) is 16.8. The number of unbranched alkanes of at least 4 members (excludes halogenated alkanes) is 8. The fourth-order valence-corrected chi connectivity index (χ4v) is 13.3. The summed E-state index contributed by atoms with van der Waals surface area (Å²) in [6.07, 6.45) is 32.9. The van der Waals surface area contributed by atoms with Gasteiger partial charge in [-0.3, -0.25) is 14.4 Å². The van der Waals surface area contributed by atoms with Gasteiger partial charge in [0.05, 0.1) is 0 Å². The van der Waals surface area contributed by atoms with Gasteiger partial charge in [0.1, 0.15) is 12.7 Å². The number of esters is 2. The molecule has 1 amide bonds. The Morgan fingerprint density at radius 2 is 1.54 bits per heavy atom. The SMILES string of the molecule is CCCCCC/C=C\COC(=O)CCCCCCCN(CCCC(=O)O[C@H]1CC[C@@]2(C)C(=CCC3C2CC[C@@]2(C)C3CC[C@@H]2[C@H](C)CCCC(C)C)C1)C(=O)SCCN(C)C. The topological polar surface area (TPSA) is 76.1 Å². The van der Waals surface area contributed by atoms with Gasteiger partial charge in [0, 0.05) is 44.6 Å². The molecule has 3 fully saturated rings. The summed E-state index contributed by atoms with van der Waals surface area (Å²) in [5.74, 6) is 5.49. The average molecular weight is 869 g/mol. The van der Waals surface area contributed by atoms with Crippen molar-refractivity contribution in [3.8, 4) is 0 Å². The zero-order chi connectivity index (χ0) is 44.3. The summed E-state index contributed by atoms with van der Waals surface area (Å²) in [4.78, 5) is 42.7. The van der Waals surface area contributed by atoms with Crippen LogP contribution < -0.4 is 0 Å². The highest BCUT2D eigenvalue weighted by Crippen LogP contribution is 2.67. The predicted molar refractivity (Wildman–Crippen MR) is 257 cm³/mol. The summed E-state index contributed by atoms with van der Waals surface area (Å²) < 4.78 is 11.6. The summed E-state index contributed by atoms with van der Waals surface area (Å²) in [5.41, 5.74) is 2.32. The quantitative estimate of drug-likeness (QED) is 0.0440. The van der Waals surface area contributed by atoms with Gasteiger partial charge < -0.3 is 19.3 Å². The van der Waals surface area contributed by atoms with E-state index >= 15 is 0 Å². The van der Waals surface area contributed by atoms with E-state index < -0.39 is 0 Å². The van der Waals surface area contributed by atoms with Crippen molar-refractivity contribution in [1.82, 2.24) is 9.80 Å². The Balaban J connectivity index is 1.16. The number of hydrogen-bond acceptors (Lipinski definition) is 7. The molecule has 0 spiro atoms. The fraction of sp³-hybridized carbons (Fsp3) is 0.868. The molecular weight excluding hydrogens is 777 g/mol. The van der Waals surface area contributed by atoms with Gasteiger partial charge in [0.25, 0.3) is 5.24 Å². The molecule has 61 heavy (non-hydrogen) atoms. The van der Waals surface area contributed by atoms with Crippen molar-refractivity contribution >= 4 is 28.9 Å². The monoisotopic (exact) mass is 869 g/mol. The van der Waals surface area contributed by atoms with Crippen molar-refractivity contribution in [2.75, 3.05) is 46.1 Å². The molecule has 0 aromatic carbocycles. The first kappa shape index (κ1) is 51.8. The van der Waals surface area contributed by atoms with Crippen molar-refractivity contribution in [2.45, 2.75) is 202 Å². The van der Waals surface area contributed by atoms with Crippen LogP contribution in [-0.2, 0) is 19.1 Å². The third kappa shape index (κ3) is 16.3. The van der Waals surface area contributed by atoms with Gasteiger partial charge in [-0.2, -0.15) is 0 Å². The second-order valence-electron chi connectivity index (χ2n) is 21.2. The van der Waals surface area contributed by atoms with Gasteiger partial charge in [-0.15, -0.1) is 0 Å². The van der Waals surface area contributed by atoms with E-state index in [0.29, 0.717) is 44.4 Å². The van der Waals surface area contributed by atoms with E-state index in [0.717, 1.165) is 106 Å². The molecule has 0 radical (unpaired) electrons. The van der Waals surface area contributed by atoms with E-state index in [2.05, 4.69) is 58.6 Å². The lowest BCUT2D eigenvalue weighted by atomic mass is 9.47. The molecule has 0 aromatic rings. The number of fused-ring (bicyclic) bond motifs is 5. The Morgan fingerprint density at radius 1 is 0.803 bits per heavy atom. The summed E-state index contributed by atoms with van der Waals surface area (Å²) in [6.45, 7) is 17.3. The minimum atomic E-state index is -0.117. The Bertz CT molecular complexity index is 1380. The molecule has 0 heterocycles. The Kier molecular flexibility index (Phi) is 22.8. The molecule has 0 aromatic heterocycles. The first-order valence-corrected chi connectivity index (χ1v) is 26.5. The minimum absolute atomic E-state index is 0.0251. The van der Waals surface area contributed by atoms with Crippen molar-refractivity contribution < 1.29 is 23.9 Å². The van der Waals surface area contributed by atoms with Gasteiger partial charge in [-0.1, -0.05) is 135 Å². The molecule has 0 aliphatic heterocycles. The van der Waals surface area contributed by atoms with Crippen LogP contribution in [0, 0.1) is 46.3 Å². The molecule has 0 bridgehead atoms. The van der Waals surface area contributed by atoms with Gasteiger partial charge >= 0.3 is 11.9 Å². The second kappa shape index (κ2) is 26.9. The molecule has 7 nitrogen and oxygen atoms in total. The van der Waals surface area contributed by atoms with Crippen LogP contribution in [0.4, 0.5) is 4.79 Å². The fourth-order valence-electron chi connectivity index (χ4n) is 12.3. The lowest BCUT2D eigenvalue weighted by Gasteiger charge is -2.58. The second-order valence-corrected chi connectivity index (χ2v) is 22.2. The highest BCUT2D eigenvalue weighted by Gasteiger charge is 2.59. The minimum Gasteiger partial charge on any atom is -0.462 e. The van der Waals surface area contributed by atoms with Crippen LogP contribution in [-0.4, -0.2) is 79.2 Å². The Hall–Kier alpha value is -1.80. The van der Waals surface area contributed by atoms with Gasteiger partial charge in [-0.25, -0.2) is 0 Å². The van der Waals surface area contributed by atoms with Gasteiger partial charge in [0.2, 0.25) is 0 Å². The molecule has 0 saturated heterocycles. The molecular formula is C53H92N2O5S. The molecule has 3 unspecified atom stereocenters. The average Bonchev–Trinajstić information content (AvgIpc) is 3.58. The maximum absolute atomic E-state index is 13.3. The maximum Gasteiger partial charge on any atom is 0.306 e. The van der Waals surface area contributed by atoms with E-state index in [4.69, 9.17) is 9.47 Å². The number of allylic oxidation sites excluding steroid dienone is 2. The highest BCUT2D eigenvalue weighted by atomic mass is 32.2. The van der Waals surface area contributed by atoms with Crippen molar-refractivity contribution in [1.29, 1.82) is 0 Å². The number of amides is 1. The normalized spacial score (nSPS) is 27.7. The van der Waals surface area contributed by atoms with E-state index in [1.54, 1.807) is 5.57 Å². The summed E-state index contributed by atoms with van der Waals surface area (Å²) in [6, 6.07) is 0. The van der Waals surface area contributed by atoms with Crippen molar-refractivity contribution in [2.24, 2.45) is 46.3 Å².